The summed E-state index contributed by atoms with van der Waals surface area (Å²) >= 11 is 0. The minimum Gasteiger partial charge on any atom is -0.467 e. The van der Waals surface area contributed by atoms with Gasteiger partial charge >= 0.3 is 0 Å². The molecule has 32 heavy (non-hydrogen) atoms. The lowest BCUT2D eigenvalue weighted by atomic mass is 10.0. The number of aromatic nitrogens is 2. The molecular weight excluding hydrogens is 409 g/mol. The van der Waals surface area contributed by atoms with E-state index in [9.17, 15) is 9.18 Å². The summed E-state index contributed by atoms with van der Waals surface area (Å²) in [4.78, 5) is 13.1. The topological polar surface area (TPSA) is 65.4 Å². The third kappa shape index (κ3) is 4.12. The van der Waals surface area contributed by atoms with Crippen LogP contribution in [0.3, 0.4) is 0 Å². The van der Waals surface area contributed by atoms with Crippen molar-refractivity contribution >= 4 is 5.91 Å². The van der Waals surface area contributed by atoms with Gasteiger partial charge in [-0.2, -0.15) is 5.10 Å². The maximum absolute atomic E-state index is 14.0. The average molecular weight is 435 g/mol. The highest BCUT2D eigenvalue weighted by Crippen LogP contribution is 2.30. The largest absolute Gasteiger partial charge is 0.467 e. The second-order valence-corrected chi connectivity index (χ2v) is 8.25. The molecule has 0 bridgehead atoms. The molecule has 0 unspecified atom stereocenters. The van der Waals surface area contributed by atoms with Gasteiger partial charge in [0.05, 0.1) is 12.3 Å². The maximum Gasteiger partial charge on any atom is 0.272 e. The highest BCUT2D eigenvalue weighted by atomic mass is 19.1. The van der Waals surface area contributed by atoms with Gasteiger partial charge < -0.3 is 14.8 Å². The Hall–Kier alpha value is -3.19. The number of halogens is 1. The van der Waals surface area contributed by atoms with Crippen molar-refractivity contribution in [3.63, 3.8) is 0 Å². The van der Waals surface area contributed by atoms with E-state index in [-0.39, 0.29) is 18.5 Å². The Morgan fingerprint density at radius 2 is 1.97 bits per heavy atom. The molecule has 0 fully saturated rings. The lowest BCUT2D eigenvalue weighted by Gasteiger charge is -2.20. The highest BCUT2D eigenvalue weighted by Gasteiger charge is 2.25. The van der Waals surface area contributed by atoms with Crippen LogP contribution in [-0.2, 0) is 30.6 Å². The van der Waals surface area contributed by atoms with E-state index >= 15 is 0 Å². The highest BCUT2D eigenvalue weighted by molar-refractivity contribution is 5.94. The van der Waals surface area contributed by atoms with Crippen LogP contribution in [0.1, 0.15) is 52.1 Å². The van der Waals surface area contributed by atoms with Crippen LogP contribution in [0.15, 0.2) is 42.5 Å². The maximum atomic E-state index is 14.0. The van der Waals surface area contributed by atoms with Crippen LogP contribution < -0.4 is 10.1 Å². The molecule has 2 aliphatic rings. The molecule has 0 spiro atoms. The van der Waals surface area contributed by atoms with Gasteiger partial charge in [-0.15, -0.1) is 0 Å². The standard InChI is InChI=1S/C25H26FN3O3/c26-19-13-17(24-18(14-19)15-31-16-32-24)11-12-27-25(30)23-21-9-5-2-6-10-22(21)29(28-23)20-7-3-1-4-8-20/h1,3-4,7-8,13-14H,2,5-6,9-12,15-16H2,(H,27,30). The zero-order valence-electron chi connectivity index (χ0n) is 17.9. The molecule has 1 aliphatic carbocycles. The zero-order chi connectivity index (χ0) is 21.9. The van der Waals surface area contributed by atoms with Crippen LogP contribution in [0, 0.1) is 5.82 Å². The van der Waals surface area contributed by atoms with Crippen molar-refractivity contribution in [2.45, 2.75) is 45.1 Å². The first-order valence-corrected chi connectivity index (χ1v) is 11.2. The number of ether oxygens (including phenoxy) is 2. The van der Waals surface area contributed by atoms with Crippen LogP contribution in [-0.4, -0.2) is 29.0 Å². The Bertz CT molecular complexity index is 1130. The SMILES string of the molecule is O=C(NCCc1cc(F)cc2c1OCOC2)c1nn(-c2ccccc2)c2c1CCCCC2. The predicted molar refractivity (Wildman–Crippen MR) is 118 cm³/mol. The van der Waals surface area contributed by atoms with E-state index in [0.717, 1.165) is 54.6 Å². The first-order valence-electron chi connectivity index (χ1n) is 11.2. The van der Waals surface area contributed by atoms with Gasteiger partial charge in [0, 0.05) is 23.4 Å². The molecule has 0 radical (unpaired) electrons. The molecule has 5 rings (SSSR count). The van der Waals surface area contributed by atoms with Gasteiger partial charge in [0.15, 0.2) is 12.5 Å². The van der Waals surface area contributed by atoms with Crippen LogP contribution in [0.25, 0.3) is 5.69 Å². The number of rotatable bonds is 5. The van der Waals surface area contributed by atoms with Gasteiger partial charge in [0.1, 0.15) is 11.6 Å². The van der Waals surface area contributed by atoms with Crippen molar-refractivity contribution in [2.75, 3.05) is 13.3 Å². The molecular formula is C25H26FN3O3. The molecule has 1 amide bonds. The van der Waals surface area contributed by atoms with Crippen LogP contribution in [0.2, 0.25) is 0 Å². The third-order valence-corrected chi connectivity index (χ3v) is 6.08. The third-order valence-electron chi connectivity index (χ3n) is 6.08. The Kier molecular flexibility index (Phi) is 5.90. The van der Waals surface area contributed by atoms with E-state index in [4.69, 9.17) is 14.6 Å². The van der Waals surface area contributed by atoms with Crippen molar-refractivity contribution in [3.8, 4) is 11.4 Å². The molecule has 6 nitrogen and oxygen atoms in total. The minimum atomic E-state index is -0.328. The fraction of sp³-hybridized carbons (Fsp3) is 0.360. The van der Waals surface area contributed by atoms with Gasteiger partial charge in [-0.05, 0) is 61.9 Å². The molecule has 3 aromatic rings. The van der Waals surface area contributed by atoms with Crippen molar-refractivity contribution in [2.24, 2.45) is 0 Å². The van der Waals surface area contributed by atoms with Crippen molar-refractivity contribution < 1.29 is 18.7 Å². The molecule has 0 saturated heterocycles. The molecule has 166 valence electrons. The summed E-state index contributed by atoms with van der Waals surface area (Å²) in [6.07, 6.45) is 5.55. The van der Waals surface area contributed by atoms with Gasteiger partial charge in [-0.3, -0.25) is 4.79 Å². The Morgan fingerprint density at radius 1 is 1.12 bits per heavy atom. The Morgan fingerprint density at radius 3 is 2.84 bits per heavy atom. The number of amides is 1. The number of hydrogen-bond acceptors (Lipinski definition) is 4. The quantitative estimate of drug-likeness (QED) is 0.613. The van der Waals surface area contributed by atoms with E-state index in [0.29, 0.717) is 36.6 Å². The van der Waals surface area contributed by atoms with Crippen LogP contribution in [0.4, 0.5) is 4.39 Å². The van der Waals surface area contributed by atoms with Crippen molar-refractivity contribution in [1.82, 2.24) is 15.1 Å². The number of nitrogens with zero attached hydrogens (tertiary/aromatic N) is 2. The smallest absolute Gasteiger partial charge is 0.272 e. The van der Waals surface area contributed by atoms with Crippen LogP contribution >= 0.6 is 0 Å². The van der Waals surface area contributed by atoms with E-state index in [1.165, 1.54) is 12.1 Å². The van der Waals surface area contributed by atoms with Crippen LogP contribution in [0.5, 0.6) is 5.75 Å². The normalized spacial score (nSPS) is 15.3. The molecule has 0 atom stereocenters. The number of benzene rings is 2. The number of carbonyl (C=O) groups is 1. The number of para-hydroxylation sites is 1. The first-order chi connectivity index (χ1) is 15.7. The molecule has 1 aromatic heterocycles. The first kappa shape index (κ1) is 20.7. The molecule has 7 heteroatoms. The summed E-state index contributed by atoms with van der Waals surface area (Å²) in [7, 11) is 0. The van der Waals surface area contributed by atoms with Crippen molar-refractivity contribution in [3.05, 3.63) is 76.4 Å². The second-order valence-electron chi connectivity index (χ2n) is 8.25. The monoisotopic (exact) mass is 435 g/mol. The van der Waals surface area contributed by atoms with Gasteiger partial charge in [-0.1, -0.05) is 24.6 Å². The fourth-order valence-corrected chi connectivity index (χ4v) is 4.58. The van der Waals surface area contributed by atoms with Gasteiger partial charge in [0.25, 0.3) is 5.91 Å². The zero-order valence-corrected chi connectivity index (χ0v) is 17.9. The Balaban J connectivity index is 1.35. The minimum absolute atomic E-state index is 0.154. The average Bonchev–Trinajstić information content (AvgIpc) is 3.00. The molecule has 2 aromatic carbocycles. The number of nitrogens with one attached hydrogen (secondary N) is 1. The second kappa shape index (κ2) is 9.12. The fourth-order valence-electron chi connectivity index (χ4n) is 4.58. The summed E-state index contributed by atoms with van der Waals surface area (Å²) in [6.45, 7) is 0.850. The molecule has 2 heterocycles. The van der Waals surface area contributed by atoms with E-state index in [2.05, 4.69) is 5.32 Å². The van der Waals surface area contributed by atoms with E-state index < -0.39 is 0 Å². The number of carbonyl (C=O) groups excluding carboxylic acids is 1. The summed E-state index contributed by atoms with van der Waals surface area (Å²) in [6, 6.07) is 12.8. The summed E-state index contributed by atoms with van der Waals surface area (Å²) in [5, 5.41) is 7.70. The predicted octanol–water partition coefficient (Wildman–Crippen LogP) is 4.12. The summed E-state index contributed by atoms with van der Waals surface area (Å²) in [5.74, 6) is 0.146. The molecule has 1 N–H and O–H groups in total. The lowest BCUT2D eigenvalue weighted by Crippen LogP contribution is -2.27. The molecule has 1 aliphatic heterocycles. The summed E-state index contributed by atoms with van der Waals surface area (Å²) < 4.78 is 26.7. The lowest BCUT2D eigenvalue weighted by molar-refractivity contribution is -0.0172. The van der Waals surface area contributed by atoms with Gasteiger partial charge in [0.2, 0.25) is 0 Å². The van der Waals surface area contributed by atoms with E-state index in [1.807, 2.05) is 35.0 Å². The molecule has 0 saturated carbocycles. The summed E-state index contributed by atoms with van der Waals surface area (Å²) in [5.41, 5.74) is 5.08. The van der Waals surface area contributed by atoms with Crippen molar-refractivity contribution in [1.29, 1.82) is 0 Å². The number of hydrogen-bond donors (Lipinski definition) is 1. The van der Waals surface area contributed by atoms with E-state index in [1.54, 1.807) is 0 Å². The Labute approximate surface area is 186 Å². The van der Waals surface area contributed by atoms with Gasteiger partial charge in [-0.25, -0.2) is 9.07 Å². The number of fused-ring (bicyclic) bond motifs is 2.